The summed E-state index contributed by atoms with van der Waals surface area (Å²) in [6, 6.07) is 7.56. The highest BCUT2D eigenvalue weighted by Gasteiger charge is 2.04. The fraction of sp³-hybridized carbons (Fsp3) is 0.286. The minimum atomic E-state index is 0.602. The Morgan fingerprint density at radius 3 is 2.89 bits per heavy atom. The number of rotatable bonds is 6. The van der Waals surface area contributed by atoms with Crippen molar-refractivity contribution in [2.45, 2.75) is 13.5 Å². The van der Waals surface area contributed by atoms with Gasteiger partial charge in [0, 0.05) is 25.0 Å². The summed E-state index contributed by atoms with van der Waals surface area (Å²) in [7, 11) is 1.60. The zero-order valence-corrected chi connectivity index (χ0v) is 11.1. The lowest BCUT2D eigenvalue weighted by Gasteiger charge is -2.11. The molecule has 5 nitrogen and oxygen atoms in total. The Labute approximate surface area is 112 Å². The molecule has 19 heavy (non-hydrogen) atoms. The van der Waals surface area contributed by atoms with Crippen LogP contribution < -0.4 is 14.8 Å². The van der Waals surface area contributed by atoms with Crippen molar-refractivity contribution in [3.8, 4) is 11.6 Å². The van der Waals surface area contributed by atoms with Gasteiger partial charge in [0.15, 0.2) is 11.6 Å². The number of hydrogen-bond acceptors (Lipinski definition) is 5. The zero-order chi connectivity index (χ0) is 13.5. The fourth-order valence-electron chi connectivity index (χ4n) is 1.65. The number of aromatic nitrogens is 2. The fourth-order valence-corrected chi connectivity index (χ4v) is 1.65. The van der Waals surface area contributed by atoms with E-state index in [1.165, 1.54) is 0 Å². The molecule has 0 fully saturated rings. The van der Waals surface area contributed by atoms with E-state index in [2.05, 4.69) is 15.3 Å². The van der Waals surface area contributed by atoms with Gasteiger partial charge in [-0.3, -0.25) is 0 Å². The lowest BCUT2D eigenvalue weighted by molar-refractivity contribution is 0.340. The summed E-state index contributed by atoms with van der Waals surface area (Å²) in [5.74, 6) is 2.09. The molecule has 0 bridgehead atoms. The summed E-state index contributed by atoms with van der Waals surface area (Å²) < 4.78 is 10.6. The molecule has 0 aliphatic rings. The van der Waals surface area contributed by atoms with Crippen molar-refractivity contribution in [3.05, 3.63) is 42.2 Å². The predicted molar refractivity (Wildman–Crippen MR) is 73.5 cm³/mol. The number of anilines is 1. The van der Waals surface area contributed by atoms with Crippen molar-refractivity contribution in [2.75, 3.05) is 19.0 Å². The standard InChI is InChI=1S/C14H17N3O2/c1-3-19-12-5-4-7-16-14(12)17-10-11-6-8-15-13(9-11)18-2/h4-9H,3,10H2,1-2H3,(H,16,17). The number of nitrogens with one attached hydrogen (secondary N) is 1. The molecule has 0 spiro atoms. The third-order valence-corrected chi connectivity index (χ3v) is 2.54. The highest BCUT2D eigenvalue weighted by Crippen LogP contribution is 2.21. The van der Waals surface area contributed by atoms with Crippen LogP contribution in [0.2, 0.25) is 0 Å². The molecule has 2 heterocycles. The molecule has 0 aliphatic heterocycles. The number of hydrogen-bond donors (Lipinski definition) is 1. The van der Waals surface area contributed by atoms with E-state index in [4.69, 9.17) is 9.47 Å². The molecule has 2 aromatic heterocycles. The molecule has 0 amide bonds. The van der Waals surface area contributed by atoms with E-state index in [0.717, 1.165) is 17.1 Å². The van der Waals surface area contributed by atoms with Gasteiger partial charge in [0.05, 0.1) is 13.7 Å². The largest absolute Gasteiger partial charge is 0.490 e. The number of nitrogens with zero attached hydrogens (tertiary/aromatic N) is 2. The summed E-state index contributed by atoms with van der Waals surface area (Å²) in [4.78, 5) is 8.34. The Kier molecular flexibility index (Phi) is 4.55. The van der Waals surface area contributed by atoms with Crippen LogP contribution in [0.5, 0.6) is 11.6 Å². The molecule has 0 aliphatic carbocycles. The van der Waals surface area contributed by atoms with Gasteiger partial charge in [-0.05, 0) is 30.7 Å². The van der Waals surface area contributed by atoms with E-state index < -0.39 is 0 Å². The van der Waals surface area contributed by atoms with Crippen LogP contribution in [0.3, 0.4) is 0 Å². The molecule has 2 aromatic rings. The average molecular weight is 259 g/mol. The van der Waals surface area contributed by atoms with Crippen LogP contribution in [0.4, 0.5) is 5.82 Å². The van der Waals surface area contributed by atoms with Crippen LogP contribution in [-0.4, -0.2) is 23.7 Å². The van der Waals surface area contributed by atoms with E-state index in [9.17, 15) is 0 Å². The van der Waals surface area contributed by atoms with Gasteiger partial charge in [-0.25, -0.2) is 9.97 Å². The van der Waals surface area contributed by atoms with Crippen LogP contribution in [-0.2, 0) is 6.54 Å². The SMILES string of the molecule is CCOc1cccnc1NCc1ccnc(OC)c1. The van der Waals surface area contributed by atoms with E-state index in [1.54, 1.807) is 19.5 Å². The second kappa shape index (κ2) is 6.58. The second-order valence-electron chi connectivity index (χ2n) is 3.84. The Morgan fingerprint density at radius 1 is 1.21 bits per heavy atom. The third-order valence-electron chi connectivity index (χ3n) is 2.54. The number of methoxy groups -OCH3 is 1. The smallest absolute Gasteiger partial charge is 0.213 e. The highest BCUT2D eigenvalue weighted by atomic mass is 16.5. The quantitative estimate of drug-likeness (QED) is 0.863. The van der Waals surface area contributed by atoms with Crippen molar-refractivity contribution in [3.63, 3.8) is 0 Å². The summed E-state index contributed by atoms with van der Waals surface area (Å²) in [5, 5.41) is 3.25. The molecule has 0 saturated heterocycles. The first kappa shape index (κ1) is 13.1. The Balaban J connectivity index is 2.05. The lowest BCUT2D eigenvalue weighted by Crippen LogP contribution is -2.04. The first-order valence-corrected chi connectivity index (χ1v) is 6.14. The summed E-state index contributed by atoms with van der Waals surface area (Å²) >= 11 is 0. The molecule has 1 N–H and O–H groups in total. The van der Waals surface area contributed by atoms with Gasteiger partial charge in [0.1, 0.15) is 0 Å². The molecule has 0 aromatic carbocycles. The van der Waals surface area contributed by atoms with Gasteiger partial charge in [-0.2, -0.15) is 0 Å². The van der Waals surface area contributed by atoms with Crippen LogP contribution in [0.1, 0.15) is 12.5 Å². The molecule has 100 valence electrons. The van der Waals surface area contributed by atoms with Crippen molar-refractivity contribution < 1.29 is 9.47 Å². The molecule has 0 saturated carbocycles. The molecule has 0 unspecified atom stereocenters. The van der Waals surface area contributed by atoms with E-state index in [0.29, 0.717) is 19.0 Å². The maximum absolute atomic E-state index is 5.51. The molecular weight excluding hydrogens is 242 g/mol. The minimum absolute atomic E-state index is 0.602. The average Bonchev–Trinajstić information content (AvgIpc) is 2.47. The van der Waals surface area contributed by atoms with Crippen LogP contribution in [0.15, 0.2) is 36.7 Å². The zero-order valence-electron chi connectivity index (χ0n) is 11.1. The van der Waals surface area contributed by atoms with Gasteiger partial charge >= 0.3 is 0 Å². The van der Waals surface area contributed by atoms with Crippen LogP contribution >= 0.6 is 0 Å². The normalized spacial score (nSPS) is 10.0. The van der Waals surface area contributed by atoms with Crippen molar-refractivity contribution in [1.82, 2.24) is 9.97 Å². The van der Waals surface area contributed by atoms with Crippen molar-refractivity contribution in [2.24, 2.45) is 0 Å². The van der Waals surface area contributed by atoms with E-state index >= 15 is 0 Å². The van der Waals surface area contributed by atoms with Gasteiger partial charge in [-0.15, -0.1) is 0 Å². The minimum Gasteiger partial charge on any atom is -0.490 e. The van der Waals surface area contributed by atoms with Gasteiger partial charge in [-0.1, -0.05) is 0 Å². The number of pyridine rings is 2. The predicted octanol–water partition coefficient (Wildman–Crippen LogP) is 2.50. The third kappa shape index (κ3) is 3.58. The van der Waals surface area contributed by atoms with Crippen LogP contribution in [0.25, 0.3) is 0 Å². The van der Waals surface area contributed by atoms with Gasteiger partial charge in [0.2, 0.25) is 5.88 Å². The van der Waals surface area contributed by atoms with Crippen molar-refractivity contribution in [1.29, 1.82) is 0 Å². The Morgan fingerprint density at radius 2 is 2.11 bits per heavy atom. The first-order chi connectivity index (χ1) is 9.33. The second-order valence-corrected chi connectivity index (χ2v) is 3.84. The summed E-state index contributed by atoms with van der Waals surface area (Å²) in [6.07, 6.45) is 3.45. The molecule has 0 atom stereocenters. The lowest BCUT2D eigenvalue weighted by atomic mass is 10.2. The van der Waals surface area contributed by atoms with Crippen molar-refractivity contribution >= 4 is 5.82 Å². The summed E-state index contributed by atoms with van der Waals surface area (Å²) in [5.41, 5.74) is 1.07. The maximum Gasteiger partial charge on any atom is 0.213 e. The molecule has 5 heteroatoms. The molecule has 2 rings (SSSR count). The number of ether oxygens (including phenoxy) is 2. The summed E-state index contributed by atoms with van der Waals surface area (Å²) in [6.45, 7) is 3.20. The first-order valence-electron chi connectivity index (χ1n) is 6.14. The highest BCUT2D eigenvalue weighted by molar-refractivity contribution is 5.49. The molecular formula is C14H17N3O2. The maximum atomic E-state index is 5.51. The monoisotopic (exact) mass is 259 g/mol. The molecule has 0 radical (unpaired) electrons. The van der Waals surface area contributed by atoms with Gasteiger partial charge in [0.25, 0.3) is 0 Å². The Bertz CT molecular complexity index is 532. The van der Waals surface area contributed by atoms with E-state index in [1.807, 2.05) is 31.2 Å². The van der Waals surface area contributed by atoms with E-state index in [-0.39, 0.29) is 0 Å². The van der Waals surface area contributed by atoms with Gasteiger partial charge < -0.3 is 14.8 Å². The topological polar surface area (TPSA) is 56.3 Å². The van der Waals surface area contributed by atoms with Crippen LogP contribution in [0, 0.1) is 0 Å². The Hall–Kier alpha value is -2.30.